The van der Waals surface area contributed by atoms with Crippen molar-refractivity contribution in [3.05, 3.63) is 48.1 Å². The zero-order chi connectivity index (χ0) is 12.8. The summed E-state index contributed by atoms with van der Waals surface area (Å²) < 4.78 is 0. The molecule has 0 aliphatic rings. The van der Waals surface area contributed by atoms with Crippen molar-refractivity contribution in [2.45, 2.75) is 20.3 Å². The average molecular weight is 240 g/mol. The second-order valence-corrected chi connectivity index (χ2v) is 3.84. The Hall–Kier alpha value is -2.23. The molecule has 0 saturated carbocycles. The molecule has 0 amide bonds. The lowest BCUT2D eigenvalue weighted by Crippen LogP contribution is -1.89. The number of nitrogens with one attached hydrogen (secondary N) is 1. The maximum absolute atomic E-state index is 4.05. The largest absolute Gasteiger partial charge is 0.205 e. The van der Waals surface area contributed by atoms with Crippen molar-refractivity contribution in [2.75, 3.05) is 0 Å². The number of tetrazole rings is 1. The highest BCUT2D eigenvalue weighted by atomic mass is 15.5. The quantitative estimate of drug-likeness (QED) is 0.835. The molecule has 4 nitrogen and oxygen atoms in total. The summed E-state index contributed by atoms with van der Waals surface area (Å²) in [4.78, 5) is 0. The standard InChI is InChI=1S/C14H16N4/c1-3-5-8-11(4-2)12-9-6-7-10-13(12)14-15-17-18-16-14/h4-10H,3H2,1-2H3,(H,15,16,17,18)/b8-5-,11-4+. The van der Waals surface area contributed by atoms with Gasteiger partial charge in [0.15, 0.2) is 0 Å². The Morgan fingerprint density at radius 3 is 2.83 bits per heavy atom. The van der Waals surface area contributed by atoms with Crippen LogP contribution in [0.5, 0.6) is 0 Å². The molecule has 0 saturated heterocycles. The lowest BCUT2D eigenvalue weighted by Gasteiger charge is -2.07. The van der Waals surface area contributed by atoms with Gasteiger partial charge in [-0.15, -0.1) is 10.2 Å². The van der Waals surface area contributed by atoms with Gasteiger partial charge in [0.25, 0.3) is 0 Å². The summed E-state index contributed by atoms with van der Waals surface area (Å²) in [6, 6.07) is 8.07. The van der Waals surface area contributed by atoms with Gasteiger partial charge in [0.2, 0.25) is 5.82 Å². The van der Waals surface area contributed by atoms with Crippen LogP contribution in [0.15, 0.2) is 42.5 Å². The molecule has 0 fully saturated rings. The minimum absolute atomic E-state index is 0.620. The SMILES string of the molecule is C/C=C(\C=C/CC)c1ccccc1-c1nn[nH]n1. The molecule has 0 bridgehead atoms. The van der Waals surface area contributed by atoms with Crippen LogP contribution < -0.4 is 0 Å². The molecule has 2 aromatic rings. The molecule has 0 unspecified atom stereocenters. The first-order chi connectivity index (χ1) is 8.86. The number of hydrogen-bond acceptors (Lipinski definition) is 3. The van der Waals surface area contributed by atoms with Crippen LogP contribution in [0.2, 0.25) is 0 Å². The maximum atomic E-state index is 4.05. The van der Waals surface area contributed by atoms with Crippen molar-refractivity contribution < 1.29 is 0 Å². The average Bonchev–Trinajstić information content (AvgIpc) is 2.94. The number of aromatic amines is 1. The predicted octanol–water partition coefficient (Wildman–Crippen LogP) is 3.24. The molecule has 1 heterocycles. The molecular formula is C14H16N4. The molecule has 0 aliphatic carbocycles. The lowest BCUT2D eigenvalue weighted by molar-refractivity contribution is 0.881. The third-order valence-corrected chi connectivity index (χ3v) is 2.67. The number of hydrogen-bond donors (Lipinski definition) is 1. The van der Waals surface area contributed by atoms with Crippen LogP contribution in [0.25, 0.3) is 17.0 Å². The molecule has 0 radical (unpaired) electrons. The van der Waals surface area contributed by atoms with Gasteiger partial charge in [0, 0.05) is 5.56 Å². The lowest BCUT2D eigenvalue weighted by atomic mass is 9.98. The van der Waals surface area contributed by atoms with Crippen LogP contribution in [0.1, 0.15) is 25.8 Å². The fourth-order valence-electron chi connectivity index (χ4n) is 1.79. The van der Waals surface area contributed by atoms with Crippen molar-refractivity contribution in [1.82, 2.24) is 20.6 Å². The van der Waals surface area contributed by atoms with E-state index in [0.29, 0.717) is 5.82 Å². The molecule has 1 aromatic carbocycles. The van der Waals surface area contributed by atoms with Crippen LogP contribution in [0, 0.1) is 0 Å². The van der Waals surface area contributed by atoms with Gasteiger partial charge < -0.3 is 0 Å². The van der Waals surface area contributed by atoms with Crippen molar-refractivity contribution >= 4 is 5.57 Å². The number of rotatable bonds is 4. The Balaban J connectivity index is 2.48. The number of benzene rings is 1. The Morgan fingerprint density at radius 1 is 1.33 bits per heavy atom. The van der Waals surface area contributed by atoms with E-state index in [-0.39, 0.29) is 0 Å². The molecule has 0 spiro atoms. The van der Waals surface area contributed by atoms with E-state index >= 15 is 0 Å². The van der Waals surface area contributed by atoms with Gasteiger partial charge in [-0.1, -0.05) is 49.4 Å². The maximum Gasteiger partial charge on any atom is 0.205 e. The van der Waals surface area contributed by atoms with Gasteiger partial charge in [-0.3, -0.25) is 0 Å². The normalized spacial score (nSPS) is 12.2. The third-order valence-electron chi connectivity index (χ3n) is 2.67. The Morgan fingerprint density at radius 2 is 2.17 bits per heavy atom. The number of allylic oxidation sites excluding steroid dienone is 4. The van der Waals surface area contributed by atoms with Gasteiger partial charge in [-0.2, -0.15) is 5.21 Å². The van der Waals surface area contributed by atoms with Gasteiger partial charge in [-0.05, 0) is 29.7 Å². The summed E-state index contributed by atoms with van der Waals surface area (Å²) in [6.07, 6.45) is 7.37. The fourth-order valence-corrected chi connectivity index (χ4v) is 1.79. The Bertz CT molecular complexity index is 553. The summed E-state index contributed by atoms with van der Waals surface area (Å²) >= 11 is 0. The topological polar surface area (TPSA) is 54.5 Å². The molecule has 92 valence electrons. The van der Waals surface area contributed by atoms with E-state index in [1.807, 2.05) is 25.1 Å². The van der Waals surface area contributed by atoms with Crippen LogP contribution in [0.3, 0.4) is 0 Å². The number of nitrogens with zero attached hydrogens (tertiary/aromatic N) is 3. The van der Waals surface area contributed by atoms with E-state index in [4.69, 9.17) is 0 Å². The van der Waals surface area contributed by atoms with Gasteiger partial charge in [0.1, 0.15) is 0 Å². The second kappa shape index (κ2) is 5.91. The van der Waals surface area contributed by atoms with E-state index in [1.54, 1.807) is 0 Å². The Labute approximate surface area is 106 Å². The summed E-state index contributed by atoms with van der Waals surface area (Å²) in [6.45, 7) is 4.15. The minimum atomic E-state index is 0.620. The molecule has 1 N–H and O–H groups in total. The van der Waals surface area contributed by atoms with Crippen LogP contribution in [-0.4, -0.2) is 20.6 Å². The van der Waals surface area contributed by atoms with E-state index in [0.717, 1.165) is 23.1 Å². The second-order valence-electron chi connectivity index (χ2n) is 3.84. The number of aromatic nitrogens is 4. The predicted molar refractivity (Wildman–Crippen MR) is 72.7 cm³/mol. The third kappa shape index (κ3) is 2.53. The van der Waals surface area contributed by atoms with E-state index < -0.39 is 0 Å². The summed E-state index contributed by atoms with van der Waals surface area (Å²) in [5, 5.41) is 14.2. The highest BCUT2D eigenvalue weighted by molar-refractivity contribution is 5.83. The monoisotopic (exact) mass is 240 g/mol. The van der Waals surface area contributed by atoms with Crippen molar-refractivity contribution in [2.24, 2.45) is 0 Å². The highest BCUT2D eigenvalue weighted by Gasteiger charge is 2.09. The van der Waals surface area contributed by atoms with Crippen LogP contribution in [-0.2, 0) is 0 Å². The van der Waals surface area contributed by atoms with Crippen molar-refractivity contribution in [3.63, 3.8) is 0 Å². The van der Waals surface area contributed by atoms with Crippen LogP contribution in [0.4, 0.5) is 0 Å². The highest BCUT2D eigenvalue weighted by Crippen LogP contribution is 2.26. The van der Waals surface area contributed by atoms with Crippen molar-refractivity contribution in [1.29, 1.82) is 0 Å². The van der Waals surface area contributed by atoms with Crippen molar-refractivity contribution in [3.8, 4) is 11.4 Å². The van der Waals surface area contributed by atoms with Gasteiger partial charge in [0.05, 0.1) is 0 Å². The molecule has 18 heavy (non-hydrogen) atoms. The zero-order valence-corrected chi connectivity index (χ0v) is 10.6. The summed E-state index contributed by atoms with van der Waals surface area (Å²) in [5.74, 6) is 0.620. The van der Waals surface area contributed by atoms with Gasteiger partial charge in [-0.25, -0.2) is 0 Å². The first-order valence-corrected chi connectivity index (χ1v) is 6.03. The Kier molecular flexibility index (Phi) is 4.02. The van der Waals surface area contributed by atoms with E-state index in [1.165, 1.54) is 0 Å². The van der Waals surface area contributed by atoms with E-state index in [2.05, 4.69) is 51.8 Å². The first kappa shape index (κ1) is 12.2. The molecule has 2 rings (SSSR count). The smallest absolute Gasteiger partial charge is 0.177 e. The molecule has 0 atom stereocenters. The zero-order valence-electron chi connectivity index (χ0n) is 10.6. The molecule has 1 aromatic heterocycles. The molecule has 0 aliphatic heterocycles. The summed E-state index contributed by atoms with van der Waals surface area (Å²) in [5.41, 5.74) is 3.27. The molecular weight excluding hydrogens is 224 g/mol. The molecule has 4 heteroatoms. The number of H-pyrrole nitrogens is 1. The fraction of sp³-hybridized carbons (Fsp3) is 0.214. The van der Waals surface area contributed by atoms with E-state index in [9.17, 15) is 0 Å². The minimum Gasteiger partial charge on any atom is -0.177 e. The van der Waals surface area contributed by atoms with Crippen LogP contribution >= 0.6 is 0 Å². The summed E-state index contributed by atoms with van der Waals surface area (Å²) in [7, 11) is 0. The van der Waals surface area contributed by atoms with Gasteiger partial charge >= 0.3 is 0 Å². The first-order valence-electron chi connectivity index (χ1n) is 6.03.